The van der Waals surface area contributed by atoms with Gasteiger partial charge < -0.3 is 40.4 Å². The molecule has 608 valence electrons. The summed E-state index contributed by atoms with van der Waals surface area (Å²) in [7, 11) is -48.0. The molecule has 0 aromatic heterocycles. The number of non-ortho nitro benzene ring substituents is 1. The monoisotopic (exact) mass is 1770 g/mol. The summed E-state index contributed by atoms with van der Waals surface area (Å²) in [5.74, 6) is -6.95. The van der Waals surface area contributed by atoms with E-state index in [4.69, 9.17) is 19.9 Å². The molecule has 0 radical (unpaired) electrons. The van der Waals surface area contributed by atoms with Crippen molar-refractivity contribution in [3.05, 3.63) is 113 Å². The summed E-state index contributed by atoms with van der Waals surface area (Å²) >= 11 is 0. The first-order valence-corrected chi connectivity index (χ1v) is 43.5. The molecule has 15 N–H and O–H groups in total. The van der Waals surface area contributed by atoms with E-state index in [2.05, 4.69) is 51.1 Å². The SMILES string of the molecule is Cc1cc(N=Nc2c(S(=O)(=O)O)cc3c(S(=O)(=O)O)c(N=Nc4cc(S(=O)(=O)O)c5cc(S(=O)(=O)O)c(N=Nc6ccc([N+](=O)[O-])cc6S(=O)(=O)O)c(O)c5c4N)ccc3c2O)c(OCCCS(=O)(=O)O)cc1N=Nc1cc(OCCO)c(N=Nc2cc(S(=O)(=O)O)cc3cc(S(=O)(=O)O)cc(O)c23)cc1OCCCS(=O)(=O)O. The molecule has 9 aromatic carbocycles. The van der Waals surface area contributed by atoms with Gasteiger partial charge in [-0.05, 0) is 91.4 Å². The molecular formula is C57H50N12O36S9. The number of phenolic OH excluding ortho intramolecular Hbond substituents is 3. The number of anilines is 1. The van der Waals surface area contributed by atoms with E-state index in [1.807, 2.05) is 0 Å². The summed E-state index contributed by atoms with van der Waals surface area (Å²) in [6.45, 7) is -1.07. The number of nitrogen functional groups attached to an aromatic ring is 1. The molecule has 0 aliphatic rings. The highest BCUT2D eigenvalue weighted by atomic mass is 32.3. The van der Waals surface area contributed by atoms with Crippen molar-refractivity contribution >= 4 is 192 Å². The van der Waals surface area contributed by atoms with Crippen LogP contribution in [0.25, 0.3) is 32.3 Å². The fraction of sp³-hybridized carbons (Fsp3) is 0.158. The normalized spacial score (nSPS) is 13.3. The Labute approximate surface area is 639 Å². The van der Waals surface area contributed by atoms with Gasteiger partial charge in [0.2, 0.25) is 0 Å². The average Bonchev–Trinajstić information content (AvgIpc) is 0.741. The second kappa shape index (κ2) is 32.4. The lowest BCUT2D eigenvalue weighted by molar-refractivity contribution is -0.385. The number of azo groups is 5. The number of aromatic hydroxyl groups is 3. The van der Waals surface area contributed by atoms with Crippen molar-refractivity contribution in [2.24, 2.45) is 51.1 Å². The fourth-order valence-corrected chi connectivity index (χ4v) is 15.7. The lowest BCUT2D eigenvalue weighted by atomic mass is 10.0. The molecule has 0 aliphatic heterocycles. The maximum Gasteiger partial charge on any atom is 0.297 e. The molecule has 9 rings (SSSR count). The predicted octanol–water partition coefficient (Wildman–Crippen LogP) is 9.55. The van der Waals surface area contributed by atoms with Gasteiger partial charge in [-0.25, -0.2) is 0 Å². The number of nitrogens with zero attached hydrogens (tertiary/aromatic N) is 11. The molecule has 0 bridgehead atoms. The number of nitro benzene ring substituents is 1. The van der Waals surface area contributed by atoms with E-state index < -0.39 is 299 Å². The van der Waals surface area contributed by atoms with E-state index in [0.29, 0.717) is 48.5 Å². The Kier molecular flexibility index (Phi) is 24.7. The number of aryl methyl sites for hydroxylation is 1. The first-order chi connectivity index (χ1) is 52.5. The number of fused-ring (bicyclic) bond motifs is 3. The number of hydrogen-bond donors (Lipinski definition) is 14. The minimum absolute atomic E-state index is 0.00531. The molecule has 0 saturated carbocycles. The van der Waals surface area contributed by atoms with Gasteiger partial charge in [0.1, 0.15) is 99.6 Å². The Hall–Kier alpha value is -11.1. The zero-order valence-corrected chi connectivity index (χ0v) is 63.6. The molecule has 0 unspecified atom stereocenters. The summed E-state index contributed by atoms with van der Waals surface area (Å²) in [5, 5.41) is 89.0. The Morgan fingerprint density at radius 2 is 0.825 bits per heavy atom. The number of benzene rings is 9. The van der Waals surface area contributed by atoms with E-state index in [0.717, 1.165) is 30.3 Å². The number of phenols is 3. The van der Waals surface area contributed by atoms with Gasteiger partial charge in [0.15, 0.2) is 11.5 Å². The Morgan fingerprint density at radius 3 is 1.32 bits per heavy atom. The third-order valence-corrected chi connectivity index (χ3v) is 22.9. The molecule has 57 heteroatoms. The lowest BCUT2D eigenvalue weighted by Gasteiger charge is -2.15. The highest BCUT2D eigenvalue weighted by Crippen LogP contribution is 2.52. The lowest BCUT2D eigenvalue weighted by Crippen LogP contribution is -2.08. The Bertz CT molecular complexity index is 6850. The van der Waals surface area contributed by atoms with Crippen LogP contribution in [0.1, 0.15) is 18.4 Å². The zero-order valence-electron chi connectivity index (χ0n) is 56.3. The predicted molar refractivity (Wildman–Crippen MR) is 387 cm³/mol. The number of nitro groups is 1. The van der Waals surface area contributed by atoms with Gasteiger partial charge in [0, 0.05) is 52.6 Å². The summed E-state index contributed by atoms with van der Waals surface area (Å²) in [6.07, 6.45) is -0.893. The van der Waals surface area contributed by atoms with E-state index in [-0.39, 0.29) is 40.9 Å². The zero-order chi connectivity index (χ0) is 84.7. The molecule has 114 heavy (non-hydrogen) atoms. The minimum Gasteiger partial charge on any atom is -0.507 e. The Morgan fingerprint density at radius 1 is 0.395 bits per heavy atom. The van der Waals surface area contributed by atoms with E-state index in [1.165, 1.54) is 6.92 Å². The van der Waals surface area contributed by atoms with Crippen LogP contribution in [0, 0.1) is 17.0 Å². The van der Waals surface area contributed by atoms with Gasteiger partial charge in [-0.1, -0.05) is 0 Å². The van der Waals surface area contributed by atoms with Crippen molar-refractivity contribution in [1.29, 1.82) is 0 Å². The van der Waals surface area contributed by atoms with Crippen LogP contribution in [0.3, 0.4) is 0 Å². The quantitative estimate of drug-likeness (QED) is 0.00480. The van der Waals surface area contributed by atoms with Crippen LogP contribution in [0.15, 0.2) is 182 Å². The van der Waals surface area contributed by atoms with Crippen LogP contribution >= 0.6 is 0 Å². The smallest absolute Gasteiger partial charge is 0.297 e. The van der Waals surface area contributed by atoms with Gasteiger partial charge in [0.05, 0.1) is 73.9 Å². The Balaban J connectivity index is 1.16. The highest BCUT2D eigenvalue weighted by molar-refractivity contribution is 7.88. The first kappa shape index (κ1) is 86.9. The number of hydrogen-bond acceptors (Lipinski definition) is 38. The molecule has 0 spiro atoms. The van der Waals surface area contributed by atoms with Crippen LogP contribution in [0.4, 0.5) is 68.2 Å². The van der Waals surface area contributed by atoms with Gasteiger partial charge in [-0.2, -0.15) is 80.9 Å². The van der Waals surface area contributed by atoms with Crippen LogP contribution in [0.2, 0.25) is 0 Å². The van der Waals surface area contributed by atoms with Crippen LogP contribution in [-0.2, 0) is 91.1 Å². The maximum absolute atomic E-state index is 13.4. The topological polar surface area (TPSA) is 791 Å². The molecule has 0 aliphatic carbocycles. The molecule has 9 aromatic rings. The van der Waals surface area contributed by atoms with Gasteiger partial charge in [-0.3, -0.25) is 51.1 Å². The number of nitrogens with two attached hydrogens (primary N) is 1. The van der Waals surface area contributed by atoms with E-state index in [1.54, 1.807) is 0 Å². The number of aliphatic hydroxyl groups is 1. The van der Waals surface area contributed by atoms with Gasteiger partial charge in [0.25, 0.3) is 96.8 Å². The molecule has 0 amide bonds. The van der Waals surface area contributed by atoms with Crippen molar-refractivity contribution in [3.63, 3.8) is 0 Å². The van der Waals surface area contributed by atoms with Gasteiger partial charge >= 0.3 is 0 Å². The summed E-state index contributed by atoms with van der Waals surface area (Å²) < 4.78 is 332. The molecule has 0 saturated heterocycles. The molecule has 0 fully saturated rings. The van der Waals surface area contributed by atoms with Crippen molar-refractivity contribution < 1.29 is 156 Å². The summed E-state index contributed by atoms with van der Waals surface area (Å²) in [4.78, 5) is 1.04. The number of ether oxygens (including phenoxy) is 3. The highest BCUT2D eigenvalue weighted by Gasteiger charge is 2.33. The third kappa shape index (κ3) is 20.5. The van der Waals surface area contributed by atoms with Crippen LogP contribution in [0.5, 0.6) is 34.5 Å². The van der Waals surface area contributed by atoms with E-state index >= 15 is 0 Å². The van der Waals surface area contributed by atoms with Crippen LogP contribution < -0.4 is 19.9 Å². The summed E-state index contributed by atoms with van der Waals surface area (Å²) in [6, 6.07) is 10.5. The first-order valence-electron chi connectivity index (χ1n) is 30.2. The second-order valence-corrected chi connectivity index (χ2v) is 35.9. The molecule has 48 nitrogen and oxygen atoms in total. The molecular weight excluding hydrogens is 1720 g/mol. The van der Waals surface area contributed by atoms with Crippen molar-refractivity contribution in [3.8, 4) is 34.5 Å². The van der Waals surface area contributed by atoms with E-state index in [9.17, 15) is 147 Å². The van der Waals surface area contributed by atoms with Crippen molar-refractivity contribution in [2.75, 3.05) is 43.7 Å². The fourth-order valence-electron chi connectivity index (χ4n) is 10.2. The number of aliphatic hydroxyl groups excluding tert-OH is 1. The largest absolute Gasteiger partial charge is 0.507 e. The van der Waals surface area contributed by atoms with Crippen molar-refractivity contribution in [2.45, 2.75) is 54.0 Å². The number of rotatable bonds is 31. The third-order valence-electron chi connectivity index (χ3n) is 15.1. The van der Waals surface area contributed by atoms with Crippen molar-refractivity contribution in [1.82, 2.24) is 0 Å². The minimum atomic E-state index is -5.86. The van der Waals surface area contributed by atoms with Crippen LogP contribution in [-0.4, -0.2) is 180 Å². The van der Waals surface area contributed by atoms with Gasteiger partial charge in [-0.15, -0.1) is 46.0 Å². The maximum atomic E-state index is 13.4. The molecule has 0 heterocycles. The standard InChI is InChI=1S/C57H50N12O36S9/c1-26-14-37(43(103-9-2-12-106(76,77)78)22-36(26)61-62-38-24-45(105-11-8-70)39(23-44(38)104-10-3-13-107(79,80)81)63-65-40-18-29(108(82,83)84)15-27-16-30(109(85,86)87)19-42(71)50(27)40)64-67-53-48(112(94,95)96)20-32-31(55(53)72)5-7-35(57(32)114(100,101)102)60-66-41-25-46(110(88,89)90)33-21-49(113(97,98)99)54(56(73)51(33)52(41)58)68-59-34-6-4-28(69(74)75)17-47(34)111(91,92)93/h4-7,14-25,70-73H,2-3,8-13,58H2,1H3,(H,76,77,78)(H,79,80,81)(H,82,83,84)(H,85,86,87)(H,88,89,90)(H,91,92,93)(H,94,95,96)(H,97,98,99)(H,100,101,102). The average molecular weight is 1770 g/mol. The second-order valence-electron chi connectivity index (χ2n) is 23.0. The molecule has 0 atom stereocenters. The summed E-state index contributed by atoms with van der Waals surface area (Å²) in [5.41, 5.74) is -3.62.